The highest BCUT2D eigenvalue weighted by Gasteiger charge is 2.11. The second-order valence-electron chi connectivity index (χ2n) is 8.17. The average molecular weight is 503 g/mol. The lowest BCUT2D eigenvalue weighted by Crippen LogP contribution is -2.22. The molecule has 0 aliphatic heterocycles. The van der Waals surface area contributed by atoms with Crippen LogP contribution in [0.3, 0.4) is 0 Å². The van der Waals surface area contributed by atoms with Crippen molar-refractivity contribution in [3.8, 4) is 17.2 Å². The molecule has 0 amide bonds. The van der Waals surface area contributed by atoms with Gasteiger partial charge in [-0.05, 0) is 60.5 Å². The van der Waals surface area contributed by atoms with Gasteiger partial charge in [0.05, 0.1) is 35.9 Å². The molecule has 36 heavy (non-hydrogen) atoms. The van der Waals surface area contributed by atoms with Gasteiger partial charge in [-0.3, -0.25) is 4.79 Å². The molecule has 0 saturated heterocycles. The van der Waals surface area contributed by atoms with Crippen LogP contribution < -0.4 is 24.3 Å². The summed E-state index contributed by atoms with van der Waals surface area (Å²) in [4.78, 5) is 18.2. The molecule has 0 saturated carbocycles. The molecule has 0 N–H and O–H groups in total. The first-order valence-electron chi connectivity index (χ1n) is 11.6. The van der Waals surface area contributed by atoms with Crippen molar-refractivity contribution in [2.75, 3.05) is 33.5 Å². The molecule has 0 spiro atoms. The Kier molecular flexibility index (Phi) is 7.16. The molecule has 7 nitrogen and oxygen atoms in total. The predicted octanol–water partition coefficient (Wildman–Crippen LogP) is 4.25. The zero-order valence-corrected chi connectivity index (χ0v) is 20.9. The van der Waals surface area contributed by atoms with Crippen LogP contribution in [0.25, 0.3) is 22.1 Å². The lowest BCUT2D eigenvalue weighted by atomic mass is 10.2. The third-order valence-electron chi connectivity index (χ3n) is 5.60. The maximum absolute atomic E-state index is 13.0. The second-order valence-corrected chi connectivity index (χ2v) is 9.18. The lowest BCUT2D eigenvalue weighted by Gasteiger charge is -2.12. The number of hydrogen-bond acceptors (Lipinski definition) is 7. The van der Waals surface area contributed by atoms with Gasteiger partial charge in [-0.1, -0.05) is 41.7 Å². The van der Waals surface area contributed by atoms with Crippen LogP contribution in [0.1, 0.15) is 11.1 Å². The summed E-state index contributed by atoms with van der Waals surface area (Å²) in [6, 6.07) is 21.1. The number of nitrogens with zero attached hydrogens (tertiary/aromatic N) is 2. The van der Waals surface area contributed by atoms with Crippen molar-refractivity contribution in [2.24, 2.45) is 0 Å². The molecule has 0 radical (unpaired) electrons. The molecular formula is C28H26N2O5S. The van der Waals surface area contributed by atoms with E-state index in [0.717, 1.165) is 27.9 Å². The fourth-order valence-corrected chi connectivity index (χ4v) is 4.88. The van der Waals surface area contributed by atoms with E-state index in [9.17, 15) is 4.79 Å². The highest BCUT2D eigenvalue weighted by atomic mass is 32.1. The normalized spacial score (nSPS) is 11.9. The number of para-hydroxylation sites is 2. The van der Waals surface area contributed by atoms with E-state index in [1.165, 1.54) is 11.3 Å². The summed E-state index contributed by atoms with van der Waals surface area (Å²) in [5.74, 6) is 2.04. The minimum Gasteiger partial charge on any atom is -0.493 e. The van der Waals surface area contributed by atoms with Crippen LogP contribution in [0, 0.1) is 6.92 Å². The van der Waals surface area contributed by atoms with Crippen LogP contribution in [-0.4, -0.2) is 42.9 Å². The zero-order valence-electron chi connectivity index (χ0n) is 20.1. The molecule has 8 heteroatoms. The van der Waals surface area contributed by atoms with Crippen LogP contribution in [-0.2, 0) is 4.74 Å². The largest absolute Gasteiger partial charge is 0.493 e. The Balaban J connectivity index is 1.19. The minimum atomic E-state index is -0.0773. The lowest BCUT2D eigenvalue weighted by molar-refractivity contribution is 0.0757. The van der Waals surface area contributed by atoms with Gasteiger partial charge in [-0.15, -0.1) is 0 Å². The fourth-order valence-electron chi connectivity index (χ4n) is 3.89. The van der Waals surface area contributed by atoms with Crippen molar-refractivity contribution in [2.45, 2.75) is 6.92 Å². The van der Waals surface area contributed by atoms with Crippen molar-refractivity contribution in [1.82, 2.24) is 9.38 Å². The zero-order chi connectivity index (χ0) is 24.9. The van der Waals surface area contributed by atoms with Gasteiger partial charge in [0.25, 0.3) is 5.56 Å². The number of aromatic nitrogens is 2. The monoisotopic (exact) mass is 502 g/mol. The first-order chi connectivity index (χ1) is 17.6. The van der Waals surface area contributed by atoms with E-state index in [4.69, 9.17) is 18.9 Å². The molecular weight excluding hydrogens is 476 g/mol. The number of hydrogen-bond donors (Lipinski definition) is 0. The van der Waals surface area contributed by atoms with Gasteiger partial charge in [-0.2, -0.15) is 0 Å². The van der Waals surface area contributed by atoms with Gasteiger partial charge in [0.2, 0.25) is 0 Å². The van der Waals surface area contributed by atoms with Gasteiger partial charge >= 0.3 is 0 Å². The number of aryl methyl sites for hydroxylation is 1. The van der Waals surface area contributed by atoms with Crippen molar-refractivity contribution >= 4 is 33.4 Å². The maximum atomic E-state index is 13.0. The Morgan fingerprint density at radius 3 is 2.58 bits per heavy atom. The number of imidazole rings is 1. The fraction of sp³-hybridized carbons (Fsp3) is 0.214. The van der Waals surface area contributed by atoms with Crippen LogP contribution in [0.15, 0.2) is 71.5 Å². The van der Waals surface area contributed by atoms with E-state index < -0.39 is 0 Å². The first-order valence-corrected chi connectivity index (χ1v) is 12.4. The van der Waals surface area contributed by atoms with Crippen LogP contribution >= 0.6 is 11.3 Å². The van der Waals surface area contributed by atoms with Crippen molar-refractivity contribution in [3.63, 3.8) is 0 Å². The van der Waals surface area contributed by atoms with Crippen molar-refractivity contribution in [3.05, 3.63) is 92.7 Å². The molecule has 2 aromatic heterocycles. The Morgan fingerprint density at radius 2 is 1.75 bits per heavy atom. The minimum absolute atomic E-state index is 0.0773. The predicted molar refractivity (Wildman–Crippen MR) is 142 cm³/mol. The standard InChI is InChI=1S/C28H26N2O5S/c1-19-6-5-7-21(16-19)34-14-12-33-13-15-35-24-11-10-20(17-25(24)32-2)18-26-27(31)30-23-9-4-3-8-22(23)29-28(30)36-26/h3-11,16-18H,12-15H2,1-2H3/b26-18-. The Morgan fingerprint density at radius 1 is 0.917 bits per heavy atom. The van der Waals surface area contributed by atoms with E-state index in [2.05, 4.69) is 4.98 Å². The number of ether oxygens (including phenoxy) is 4. The number of benzene rings is 3. The van der Waals surface area contributed by atoms with E-state index in [1.54, 1.807) is 11.5 Å². The van der Waals surface area contributed by atoms with Crippen LogP contribution in [0.2, 0.25) is 0 Å². The summed E-state index contributed by atoms with van der Waals surface area (Å²) in [5.41, 5.74) is 3.56. The van der Waals surface area contributed by atoms with Crippen LogP contribution in [0.5, 0.6) is 17.2 Å². The Bertz CT molecular complexity index is 1610. The smallest absolute Gasteiger partial charge is 0.274 e. The van der Waals surface area contributed by atoms with Crippen LogP contribution in [0.4, 0.5) is 0 Å². The highest BCUT2D eigenvalue weighted by Crippen LogP contribution is 2.28. The number of rotatable bonds is 10. The van der Waals surface area contributed by atoms with E-state index in [-0.39, 0.29) is 5.56 Å². The first kappa shape index (κ1) is 23.8. The molecule has 0 aliphatic rings. The molecule has 184 valence electrons. The van der Waals surface area contributed by atoms with E-state index in [0.29, 0.717) is 47.4 Å². The maximum Gasteiger partial charge on any atom is 0.274 e. The third-order valence-corrected chi connectivity index (χ3v) is 6.57. The molecule has 0 fully saturated rings. The second kappa shape index (κ2) is 10.8. The van der Waals surface area contributed by atoms with Crippen molar-refractivity contribution in [1.29, 1.82) is 0 Å². The number of fused-ring (bicyclic) bond motifs is 3. The summed E-state index contributed by atoms with van der Waals surface area (Å²) in [6.45, 7) is 3.78. The SMILES string of the molecule is COc1cc(/C=c2\sc3nc4ccccc4n3c2=O)ccc1OCCOCCOc1cccc(C)c1. The number of thiazole rings is 1. The highest BCUT2D eigenvalue weighted by molar-refractivity contribution is 7.15. The van der Waals surface area contributed by atoms with E-state index >= 15 is 0 Å². The molecule has 2 heterocycles. The van der Waals surface area contributed by atoms with Gasteiger partial charge < -0.3 is 18.9 Å². The summed E-state index contributed by atoms with van der Waals surface area (Å²) in [7, 11) is 1.59. The summed E-state index contributed by atoms with van der Waals surface area (Å²) in [6.07, 6.45) is 1.85. The van der Waals surface area contributed by atoms with Gasteiger partial charge in [0.15, 0.2) is 16.5 Å². The molecule has 0 aliphatic carbocycles. The summed E-state index contributed by atoms with van der Waals surface area (Å²) in [5, 5.41) is 0. The average Bonchev–Trinajstić information content (AvgIpc) is 3.39. The molecule has 5 aromatic rings. The Hall–Kier alpha value is -3.88. The Labute approximate surface area is 212 Å². The topological polar surface area (TPSA) is 71.3 Å². The van der Waals surface area contributed by atoms with Crippen molar-refractivity contribution < 1.29 is 18.9 Å². The summed E-state index contributed by atoms with van der Waals surface area (Å²) < 4.78 is 24.9. The molecule has 0 atom stereocenters. The molecule has 0 unspecified atom stereocenters. The molecule has 3 aromatic carbocycles. The molecule has 5 rings (SSSR count). The summed E-state index contributed by atoms with van der Waals surface area (Å²) >= 11 is 1.37. The van der Waals surface area contributed by atoms with Gasteiger partial charge in [0, 0.05) is 0 Å². The van der Waals surface area contributed by atoms with Gasteiger partial charge in [0.1, 0.15) is 19.0 Å². The quantitative estimate of drug-likeness (QED) is 0.266. The third kappa shape index (κ3) is 5.19. The van der Waals surface area contributed by atoms with E-state index in [1.807, 2.05) is 79.7 Å². The molecule has 0 bridgehead atoms. The van der Waals surface area contributed by atoms with Gasteiger partial charge in [-0.25, -0.2) is 9.38 Å². The number of methoxy groups -OCH3 is 1.